The zero-order chi connectivity index (χ0) is 29.0. The van der Waals surface area contributed by atoms with E-state index in [-0.39, 0.29) is 0 Å². The standard InChI is InChI=1S/C33H50ClN2O3Si/c1-35(2)29-16-14-27-24-28-15-17-30(26-33(28)40(4,5)32(27)25-29)36(3)19-10-12-31(37)13-11-21-39-23-22-38-20-9-7-6-8-18-34/h14-17,24-26H,6-13,18-23H2,1-5H3/q+1. The number of unbranched alkanes of at least 4 members (excludes halogenated alkanes) is 3. The van der Waals surface area contributed by atoms with Crippen molar-refractivity contribution in [2.24, 2.45) is 0 Å². The number of rotatable bonds is 18. The number of ether oxygens (including phenoxy) is 2. The van der Waals surface area contributed by atoms with E-state index in [0.29, 0.717) is 38.4 Å². The minimum Gasteiger partial charge on any atom is -0.379 e. The van der Waals surface area contributed by atoms with Crippen LogP contribution in [0.4, 0.5) is 5.69 Å². The quantitative estimate of drug-likeness (QED) is 0.0897. The third kappa shape index (κ3) is 9.54. The SMILES string of the molecule is CN(CCCC(=O)CCCOCCOCCCCCCCl)c1ccc2c(c1)[Si](C)(C)C1=CC(=[N+](C)C)C=CC1=C2. The van der Waals surface area contributed by atoms with Crippen LogP contribution in [0.1, 0.15) is 56.9 Å². The van der Waals surface area contributed by atoms with Crippen molar-refractivity contribution in [1.29, 1.82) is 0 Å². The van der Waals surface area contributed by atoms with E-state index >= 15 is 0 Å². The Balaban J connectivity index is 1.36. The van der Waals surface area contributed by atoms with Crippen LogP contribution in [0.2, 0.25) is 13.1 Å². The second-order valence-corrected chi connectivity index (χ2v) is 16.4. The van der Waals surface area contributed by atoms with Gasteiger partial charge in [0.25, 0.3) is 0 Å². The summed E-state index contributed by atoms with van der Waals surface area (Å²) in [6.45, 7) is 8.42. The lowest BCUT2D eigenvalue weighted by Crippen LogP contribution is -2.48. The Labute approximate surface area is 248 Å². The number of fused-ring (bicyclic) bond motifs is 2. The Kier molecular flexibility index (Phi) is 13.4. The molecule has 40 heavy (non-hydrogen) atoms. The maximum absolute atomic E-state index is 12.4. The topological polar surface area (TPSA) is 41.8 Å². The van der Waals surface area contributed by atoms with E-state index in [9.17, 15) is 4.79 Å². The second-order valence-electron chi connectivity index (χ2n) is 11.7. The Morgan fingerprint density at radius 1 is 0.900 bits per heavy atom. The van der Waals surface area contributed by atoms with Crippen molar-refractivity contribution in [1.82, 2.24) is 0 Å². The van der Waals surface area contributed by atoms with Crippen LogP contribution in [0.5, 0.6) is 0 Å². The maximum atomic E-state index is 12.4. The van der Waals surface area contributed by atoms with Gasteiger partial charge in [-0.25, -0.2) is 4.58 Å². The van der Waals surface area contributed by atoms with E-state index in [0.717, 1.165) is 44.7 Å². The van der Waals surface area contributed by atoms with Crippen molar-refractivity contribution in [3.63, 3.8) is 0 Å². The molecule has 0 atom stereocenters. The summed E-state index contributed by atoms with van der Waals surface area (Å²) in [6, 6.07) is 6.90. The first kappa shape index (κ1) is 32.5. The van der Waals surface area contributed by atoms with Crippen molar-refractivity contribution in [3.05, 3.63) is 52.8 Å². The van der Waals surface area contributed by atoms with Crippen LogP contribution < -0.4 is 10.1 Å². The van der Waals surface area contributed by atoms with E-state index in [1.54, 1.807) is 0 Å². The molecule has 0 spiro atoms. The fourth-order valence-electron chi connectivity index (χ4n) is 5.36. The molecule has 0 aromatic heterocycles. The van der Waals surface area contributed by atoms with E-state index in [1.165, 1.54) is 45.8 Å². The lowest BCUT2D eigenvalue weighted by atomic mass is 10.0. The smallest absolute Gasteiger partial charge is 0.199 e. The van der Waals surface area contributed by atoms with Crippen molar-refractivity contribution in [2.45, 2.75) is 64.5 Å². The summed E-state index contributed by atoms with van der Waals surface area (Å²) in [5.41, 5.74) is 5.20. The molecule has 7 heteroatoms. The van der Waals surface area contributed by atoms with Crippen LogP contribution in [0.15, 0.2) is 47.2 Å². The maximum Gasteiger partial charge on any atom is 0.199 e. The summed E-state index contributed by atoms with van der Waals surface area (Å²) in [5.74, 6) is 1.07. The third-order valence-corrected chi connectivity index (χ3v) is 11.8. The summed E-state index contributed by atoms with van der Waals surface area (Å²) in [6.07, 6.45) is 16.6. The molecule has 0 amide bonds. The lowest BCUT2D eigenvalue weighted by Gasteiger charge is -2.35. The van der Waals surface area contributed by atoms with Crippen molar-refractivity contribution in [2.75, 3.05) is 64.9 Å². The highest BCUT2D eigenvalue weighted by Crippen LogP contribution is 2.34. The first-order valence-corrected chi connectivity index (χ1v) is 18.5. The third-order valence-electron chi connectivity index (χ3n) is 7.93. The minimum atomic E-state index is -1.84. The predicted octanol–water partition coefficient (Wildman–Crippen LogP) is 6.15. The fourth-order valence-corrected chi connectivity index (χ4v) is 8.62. The lowest BCUT2D eigenvalue weighted by molar-refractivity contribution is -0.462. The van der Waals surface area contributed by atoms with Crippen LogP contribution >= 0.6 is 11.6 Å². The van der Waals surface area contributed by atoms with Gasteiger partial charge in [-0.3, -0.25) is 4.79 Å². The number of anilines is 1. The van der Waals surface area contributed by atoms with Crippen LogP contribution in [0.25, 0.3) is 6.08 Å². The number of halogens is 1. The first-order chi connectivity index (χ1) is 19.2. The second kappa shape index (κ2) is 16.4. The normalized spacial score (nSPS) is 15.3. The van der Waals surface area contributed by atoms with Gasteiger partial charge in [0, 0.05) is 63.4 Å². The molecule has 220 valence electrons. The van der Waals surface area contributed by atoms with Crippen LogP contribution in [0, 0.1) is 0 Å². The summed E-state index contributed by atoms with van der Waals surface area (Å²) in [4.78, 5) is 14.7. The number of alkyl halides is 1. The Morgan fingerprint density at radius 3 is 2.33 bits per heavy atom. The molecule has 1 aliphatic carbocycles. The molecule has 1 aromatic carbocycles. The van der Waals surface area contributed by atoms with E-state index in [2.05, 4.69) is 86.2 Å². The van der Waals surface area contributed by atoms with Gasteiger partial charge in [-0.15, -0.1) is 11.6 Å². The van der Waals surface area contributed by atoms with Crippen molar-refractivity contribution in [3.8, 4) is 0 Å². The number of carbonyl (C=O) groups is 1. The average Bonchev–Trinajstić information content (AvgIpc) is 2.93. The zero-order valence-corrected chi connectivity index (χ0v) is 27.2. The molecule has 1 aromatic rings. The van der Waals surface area contributed by atoms with Gasteiger partial charge in [0.1, 0.15) is 28.0 Å². The molecule has 0 saturated heterocycles. The molecule has 0 unspecified atom stereocenters. The Hall–Kier alpha value is -1.99. The van der Waals surface area contributed by atoms with Crippen molar-refractivity contribution >= 4 is 48.1 Å². The summed E-state index contributed by atoms with van der Waals surface area (Å²) in [5, 5.41) is 2.99. The zero-order valence-electron chi connectivity index (χ0n) is 25.4. The van der Waals surface area contributed by atoms with E-state index < -0.39 is 8.07 Å². The summed E-state index contributed by atoms with van der Waals surface area (Å²) in [7, 11) is 4.51. The molecule has 2 aliphatic rings. The van der Waals surface area contributed by atoms with Crippen molar-refractivity contribution < 1.29 is 18.8 Å². The molecule has 0 N–H and O–H groups in total. The monoisotopic (exact) mass is 585 g/mol. The fraction of sp³-hybridized carbons (Fsp3) is 0.576. The van der Waals surface area contributed by atoms with Gasteiger partial charge in [0.2, 0.25) is 0 Å². The summed E-state index contributed by atoms with van der Waals surface area (Å²) < 4.78 is 13.4. The molecule has 3 rings (SSSR count). The molecule has 0 fully saturated rings. The highest BCUT2D eigenvalue weighted by atomic mass is 35.5. The largest absolute Gasteiger partial charge is 0.379 e. The number of hydrogen-bond donors (Lipinski definition) is 0. The average molecular weight is 586 g/mol. The number of benzene rings is 1. The molecular weight excluding hydrogens is 536 g/mol. The van der Waals surface area contributed by atoms with Crippen LogP contribution in [-0.4, -0.2) is 84.1 Å². The van der Waals surface area contributed by atoms with Gasteiger partial charge in [-0.1, -0.05) is 32.0 Å². The molecule has 1 heterocycles. The molecule has 0 saturated carbocycles. The number of Topliss-reactive ketones (excluding diaryl/α,β-unsaturated/α-hetero) is 1. The number of hydrogen-bond acceptors (Lipinski definition) is 4. The van der Waals surface area contributed by atoms with Gasteiger partial charge in [0.15, 0.2) is 5.71 Å². The molecule has 0 bridgehead atoms. The van der Waals surface area contributed by atoms with E-state index in [1.807, 2.05) is 0 Å². The van der Waals surface area contributed by atoms with Gasteiger partial charge in [0.05, 0.1) is 13.2 Å². The predicted molar refractivity (Wildman–Crippen MR) is 173 cm³/mol. The van der Waals surface area contributed by atoms with Crippen LogP contribution in [0.3, 0.4) is 0 Å². The highest BCUT2D eigenvalue weighted by molar-refractivity contribution is 6.97. The molecular formula is C33H50ClN2O3Si+. The highest BCUT2D eigenvalue weighted by Gasteiger charge is 2.37. The Bertz CT molecular complexity index is 1120. The molecule has 5 nitrogen and oxygen atoms in total. The van der Waals surface area contributed by atoms with Gasteiger partial charge >= 0.3 is 0 Å². The van der Waals surface area contributed by atoms with Gasteiger partial charge in [-0.05, 0) is 71.5 Å². The molecule has 0 radical (unpaired) electrons. The minimum absolute atomic E-state index is 0.326. The Morgan fingerprint density at radius 2 is 1.60 bits per heavy atom. The number of carbonyl (C=O) groups excluding carboxylic acids is 1. The van der Waals surface area contributed by atoms with Gasteiger partial charge in [-0.2, -0.15) is 0 Å². The van der Waals surface area contributed by atoms with Gasteiger partial charge < -0.3 is 14.4 Å². The number of nitrogens with zero attached hydrogens (tertiary/aromatic N) is 2. The van der Waals surface area contributed by atoms with E-state index in [4.69, 9.17) is 21.1 Å². The number of allylic oxidation sites excluding steroid dienone is 5. The molecule has 1 aliphatic heterocycles. The van der Waals surface area contributed by atoms with Crippen LogP contribution in [-0.2, 0) is 14.3 Å². The summed E-state index contributed by atoms with van der Waals surface area (Å²) >= 11 is 5.68. The number of ketones is 1. The first-order valence-electron chi connectivity index (χ1n) is 15.0.